The molecule has 140 valence electrons. The van der Waals surface area contributed by atoms with Crippen LogP contribution in [-0.2, 0) is 20.9 Å². The van der Waals surface area contributed by atoms with E-state index in [-0.39, 0.29) is 5.69 Å². The first-order chi connectivity index (χ1) is 12.3. The highest BCUT2D eigenvalue weighted by Crippen LogP contribution is 2.35. The van der Waals surface area contributed by atoms with Gasteiger partial charge < -0.3 is 9.64 Å². The minimum absolute atomic E-state index is 0.228. The number of para-hydroxylation sites is 2. The topological polar surface area (TPSA) is 58.6 Å². The summed E-state index contributed by atoms with van der Waals surface area (Å²) in [5, 5.41) is 0. The first-order valence-corrected chi connectivity index (χ1v) is 9.38. The van der Waals surface area contributed by atoms with Gasteiger partial charge in [0.25, 0.3) is 10.0 Å². The van der Waals surface area contributed by atoms with Crippen LogP contribution in [0.3, 0.4) is 0 Å². The third-order valence-corrected chi connectivity index (χ3v) is 5.41. The minimum atomic E-state index is -4.77. The fraction of sp³-hybridized carbons (Fsp3) is 0.294. The summed E-state index contributed by atoms with van der Waals surface area (Å²) < 4.78 is 72.4. The Bertz CT molecular complexity index is 879. The summed E-state index contributed by atoms with van der Waals surface area (Å²) in [5.41, 5.74) is -0.369. The van der Waals surface area contributed by atoms with Crippen LogP contribution in [0.15, 0.2) is 53.4 Å². The largest absolute Gasteiger partial charge is 0.417 e. The van der Waals surface area contributed by atoms with Gasteiger partial charge in [0.05, 0.1) is 35.0 Å². The molecule has 0 aliphatic carbocycles. The van der Waals surface area contributed by atoms with Crippen molar-refractivity contribution in [2.75, 3.05) is 35.9 Å². The first kappa shape index (κ1) is 18.5. The van der Waals surface area contributed by atoms with Gasteiger partial charge in [0.15, 0.2) is 0 Å². The third kappa shape index (κ3) is 3.94. The highest BCUT2D eigenvalue weighted by atomic mass is 32.2. The number of anilines is 2. The van der Waals surface area contributed by atoms with Gasteiger partial charge in [-0.25, -0.2) is 8.42 Å². The van der Waals surface area contributed by atoms with Crippen molar-refractivity contribution in [3.05, 3.63) is 54.1 Å². The summed E-state index contributed by atoms with van der Waals surface area (Å²) in [5.74, 6) is 0. The lowest BCUT2D eigenvalue weighted by Gasteiger charge is -2.30. The molecule has 0 unspecified atom stereocenters. The molecule has 1 aliphatic rings. The fourth-order valence-electron chi connectivity index (χ4n) is 2.77. The molecule has 1 saturated heterocycles. The molecule has 26 heavy (non-hydrogen) atoms. The number of rotatable bonds is 4. The van der Waals surface area contributed by atoms with E-state index in [1.165, 1.54) is 12.1 Å². The van der Waals surface area contributed by atoms with E-state index in [0.29, 0.717) is 32.0 Å². The molecule has 0 aromatic heterocycles. The van der Waals surface area contributed by atoms with E-state index in [4.69, 9.17) is 4.74 Å². The molecule has 2 aromatic carbocycles. The number of halogens is 3. The predicted octanol–water partition coefficient (Wildman–Crippen LogP) is 3.34. The lowest BCUT2D eigenvalue weighted by atomic mass is 10.2. The molecule has 9 heteroatoms. The zero-order chi connectivity index (χ0) is 18.8. The average molecular weight is 386 g/mol. The number of nitrogens with one attached hydrogen (secondary N) is 1. The maximum absolute atomic E-state index is 13.2. The van der Waals surface area contributed by atoms with E-state index in [0.717, 1.165) is 18.2 Å². The zero-order valence-electron chi connectivity index (χ0n) is 13.7. The summed E-state index contributed by atoms with van der Waals surface area (Å²) >= 11 is 0. The van der Waals surface area contributed by atoms with Crippen LogP contribution >= 0.6 is 0 Å². The van der Waals surface area contributed by atoms with Crippen molar-refractivity contribution in [3.63, 3.8) is 0 Å². The second-order valence-electron chi connectivity index (χ2n) is 5.72. The Morgan fingerprint density at radius 3 is 2.27 bits per heavy atom. The van der Waals surface area contributed by atoms with E-state index >= 15 is 0 Å². The van der Waals surface area contributed by atoms with Crippen LogP contribution in [0.2, 0.25) is 0 Å². The molecule has 1 heterocycles. The molecule has 0 amide bonds. The molecule has 1 aliphatic heterocycles. The summed E-state index contributed by atoms with van der Waals surface area (Å²) in [4.78, 5) is 1.13. The van der Waals surface area contributed by atoms with Crippen molar-refractivity contribution in [1.82, 2.24) is 0 Å². The molecule has 0 bridgehead atoms. The Hall–Kier alpha value is -2.26. The van der Waals surface area contributed by atoms with E-state index < -0.39 is 26.7 Å². The monoisotopic (exact) mass is 386 g/mol. The molecule has 1 fully saturated rings. The molecular weight excluding hydrogens is 369 g/mol. The Labute approximate surface area is 149 Å². The Morgan fingerprint density at radius 2 is 1.58 bits per heavy atom. The van der Waals surface area contributed by atoms with Gasteiger partial charge in [-0.15, -0.1) is 0 Å². The van der Waals surface area contributed by atoms with E-state index in [9.17, 15) is 21.6 Å². The maximum atomic E-state index is 13.2. The van der Waals surface area contributed by atoms with Gasteiger partial charge in [-0.05, 0) is 24.3 Å². The Balaban J connectivity index is 1.97. The number of hydrogen-bond donors (Lipinski definition) is 1. The van der Waals surface area contributed by atoms with Crippen molar-refractivity contribution < 1.29 is 26.3 Å². The van der Waals surface area contributed by atoms with E-state index in [2.05, 4.69) is 4.72 Å². The van der Waals surface area contributed by atoms with Crippen LogP contribution in [0.5, 0.6) is 0 Å². The van der Waals surface area contributed by atoms with E-state index in [1.807, 2.05) is 4.90 Å². The zero-order valence-corrected chi connectivity index (χ0v) is 14.5. The summed E-state index contributed by atoms with van der Waals surface area (Å²) in [6.07, 6.45) is -4.77. The third-order valence-electron chi connectivity index (χ3n) is 3.98. The number of nitrogens with zero attached hydrogens (tertiary/aromatic N) is 1. The molecule has 2 aromatic rings. The Kier molecular flexibility index (Phi) is 5.10. The van der Waals surface area contributed by atoms with Gasteiger partial charge in [-0.2, -0.15) is 13.2 Å². The molecule has 0 atom stereocenters. The maximum Gasteiger partial charge on any atom is 0.417 e. The summed E-state index contributed by atoms with van der Waals surface area (Å²) in [6.45, 7) is 2.13. The first-order valence-electron chi connectivity index (χ1n) is 7.90. The number of sulfonamides is 1. The van der Waals surface area contributed by atoms with Crippen molar-refractivity contribution in [1.29, 1.82) is 0 Å². The Morgan fingerprint density at radius 1 is 0.962 bits per heavy atom. The van der Waals surface area contributed by atoms with Gasteiger partial charge in [-0.1, -0.05) is 24.3 Å². The molecule has 3 rings (SSSR count). The van der Waals surface area contributed by atoms with Crippen LogP contribution in [0, 0.1) is 0 Å². The van der Waals surface area contributed by atoms with Crippen molar-refractivity contribution in [3.8, 4) is 0 Å². The molecule has 1 N–H and O–H groups in total. The number of alkyl halides is 3. The van der Waals surface area contributed by atoms with Crippen LogP contribution in [0.25, 0.3) is 0 Å². The fourth-order valence-corrected chi connectivity index (χ4v) is 4.08. The van der Waals surface area contributed by atoms with Crippen LogP contribution < -0.4 is 9.62 Å². The number of hydrogen-bond acceptors (Lipinski definition) is 4. The predicted molar refractivity (Wildman–Crippen MR) is 91.7 cm³/mol. The lowest BCUT2D eigenvalue weighted by molar-refractivity contribution is -0.139. The molecule has 0 saturated carbocycles. The minimum Gasteiger partial charge on any atom is -0.378 e. The molecule has 5 nitrogen and oxygen atoms in total. The van der Waals surface area contributed by atoms with E-state index in [1.54, 1.807) is 18.2 Å². The molecule has 0 spiro atoms. The molecular formula is C17H17F3N2O3S. The lowest BCUT2D eigenvalue weighted by Crippen LogP contribution is -2.36. The SMILES string of the molecule is O=S(=O)(Nc1ccccc1N1CCOCC1)c1ccccc1C(F)(F)F. The van der Waals surface area contributed by atoms with Crippen LogP contribution in [0.4, 0.5) is 24.5 Å². The number of morpholine rings is 1. The average Bonchev–Trinajstić information content (AvgIpc) is 2.62. The van der Waals surface area contributed by atoms with Crippen LogP contribution in [-0.4, -0.2) is 34.7 Å². The quantitative estimate of drug-likeness (QED) is 0.876. The normalized spacial score (nSPS) is 15.7. The smallest absolute Gasteiger partial charge is 0.378 e. The molecule has 0 radical (unpaired) electrons. The number of ether oxygens (including phenoxy) is 1. The highest BCUT2D eigenvalue weighted by Gasteiger charge is 2.37. The van der Waals surface area contributed by atoms with Crippen LogP contribution in [0.1, 0.15) is 5.56 Å². The number of benzene rings is 2. The van der Waals surface area contributed by atoms with Crippen molar-refractivity contribution >= 4 is 21.4 Å². The van der Waals surface area contributed by atoms with Crippen molar-refractivity contribution in [2.24, 2.45) is 0 Å². The summed E-state index contributed by atoms with van der Waals surface area (Å²) in [6, 6.07) is 10.7. The van der Waals surface area contributed by atoms with Crippen molar-refractivity contribution in [2.45, 2.75) is 11.1 Å². The second-order valence-corrected chi connectivity index (χ2v) is 7.37. The second kappa shape index (κ2) is 7.16. The van der Waals surface area contributed by atoms with Gasteiger partial charge in [0.1, 0.15) is 0 Å². The van der Waals surface area contributed by atoms with Gasteiger partial charge in [0.2, 0.25) is 0 Å². The standard InChI is InChI=1S/C17H17F3N2O3S/c18-17(19,20)13-5-1-4-8-16(13)26(23,24)21-14-6-2-3-7-15(14)22-9-11-25-12-10-22/h1-8,21H,9-12H2. The highest BCUT2D eigenvalue weighted by molar-refractivity contribution is 7.92. The van der Waals surface area contributed by atoms with Gasteiger partial charge in [-0.3, -0.25) is 4.72 Å². The van der Waals surface area contributed by atoms with Gasteiger partial charge >= 0.3 is 6.18 Å². The summed E-state index contributed by atoms with van der Waals surface area (Å²) in [7, 11) is -4.42. The van der Waals surface area contributed by atoms with Gasteiger partial charge in [0, 0.05) is 13.1 Å².